The molecule has 13 aromatic rings. The first kappa shape index (κ1) is 30.2. The van der Waals surface area contributed by atoms with Gasteiger partial charge in [0.05, 0.1) is 43.3 Å². The second kappa shape index (κ2) is 11.2. The lowest BCUT2D eigenvalue weighted by atomic mass is 10.0. The Kier molecular flexibility index (Phi) is 6.01. The number of pyridine rings is 1. The van der Waals surface area contributed by atoms with Gasteiger partial charge in [-0.05, 0) is 90.0 Å². The van der Waals surface area contributed by atoms with Crippen molar-refractivity contribution in [2.24, 2.45) is 0 Å². The average Bonchev–Trinajstić information content (AvgIpc) is 4.01. The first-order valence-electron chi connectivity index (χ1n) is 19.1. The highest BCUT2D eigenvalue weighted by atomic mass is 32.1. The van der Waals surface area contributed by atoms with Crippen LogP contribution in [0.2, 0.25) is 0 Å². The monoisotopic (exact) mass is 730 g/mol. The van der Waals surface area contributed by atoms with Crippen LogP contribution in [0.5, 0.6) is 0 Å². The van der Waals surface area contributed by atoms with E-state index >= 15 is 0 Å². The minimum Gasteiger partial charge on any atom is -0.309 e. The Hall–Kier alpha value is -7.21. The molecule has 0 N–H and O–H groups in total. The number of para-hydroxylation sites is 5. The van der Waals surface area contributed by atoms with Crippen LogP contribution in [0, 0.1) is 0 Å². The smallest absolute Gasteiger partial charge is 0.146 e. The largest absolute Gasteiger partial charge is 0.309 e. The minimum absolute atomic E-state index is 1.01. The molecule has 8 aromatic carbocycles. The number of nitrogens with zero attached hydrogens (tertiary/aromatic N) is 4. The maximum atomic E-state index is 5.18. The van der Waals surface area contributed by atoms with Crippen molar-refractivity contribution in [2.45, 2.75) is 0 Å². The summed E-state index contributed by atoms with van der Waals surface area (Å²) < 4.78 is 9.77. The van der Waals surface area contributed by atoms with Gasteiger partial charge in [-0.2, -0.15) is 0 Å². The molecule has 0 radical (unpaired) electrons. The number of aromatic nitrogens is 4. The molecule has 0 aliphatic rings. The van der Waals surface area contributed by atoms with Gasteiger partial charge < -0.3 is 9.13 Å². The van der Waals surface area contributed by atoms with E-state index in [9.17, 15) is 0 Å². The molecule has 0 bridgehead atoms. The minimum atomic E-state index is 1.01. The van der Waals surface area contributed by atoms with Crippen LogP contribution < -0.4 is 0 Å². The Bertz CT molecular complexity index is 3770. The molecular weight excluding hydrogens is 701 g/mol. The van der Waals surface area contributed by atoms with E-state index in [0.29, 0.717) is 0 Å². The Morgan fingerprint density at radius 2 is 0.929 bits per heavy atom. The van der Waals surface area contributed by atoms with Gasteiger partial charge in [-0.25, -0.2) is 4.98 Å². The third-order valence-electron chi connectivity index (χ3n) is 11.8. The summed E-state index contributed by atoms with van der Waals surface area (Å²) in [6, 6.07) is 66.4. The summed E-state index contributed by atoms with van der Waals surface area (Å²) in [5.74, 6) is 0. The van der Waals surface area contributed by atoms with Crippen molar-refractivity contribution in [3.05, 3.63) is 182 Å². The molecule has 0 unspecified atom stereocenters. The number of imidazole rings is 1. The maximum absolute atomic E-state index is 5.18. The van der Waals surface area contributed by atoms with Crippen molar-refractivity contribution in [1.29, 1.82) is 0 Å². The second-order valence-electron chi connectivity index (χ2n) is 14.8. The van der Waals surface area contributed by atoms with Gasteiger partial charge in [-0.15, -0.1) is 11.3 Å². The lowest BCUT2D eigenvalue weighted by Crippen LogP contribution is -1.94. The Morgan fingerprint density at radius 1 is 0.375 bits per heavy atom. The summed E-state index contributed by atoms with van der Waals surface area (Å²) in [6.45, 7) is 0. The first-order valence-corrected chi connectivity index (χ1v) is 19.9. The van der Waals surface area contributed by atoms with Gasteiger partial charge in [0.2, 0.25) is 0 Å². The Balaban J connectivity index is 1.03. The summed E-state index contributed by atoms with van der Waals surface area (Å²) in [5.41, 5.74) is 13.9. The van der Waals surface area contributed by atoms with E-state index in [0.717, 1.165) is 22.4 Å². The SMILES string of the molecule is c1ccc(-n2c3ccccc3c3cc(-c4ccc5c(c4)c4ccccc4n5-c4ccc5sc6c7ccccc7c7nc8ccccc8n7c6c5c4)ccc32)cc1. The quantitative estimate of drug-likeness (QED) is 0.178. The van der Waals surface area contributed by atoms with Gasteiger partial charge in [0.25, 0.3) is 0 Å². The first-order chi connectivity index (χ1) is 27.8. The van der Waals surface area contributed by atoms with Crippen molar-refractivity contribution in [1.82, 2.24) is 18.5 Å². The topological polar surface area (TPSA) is 27.2 Å². The molecule has 0 aliphatic heterocycles. The van der Waals surface area contributed by atoms with Crippen LogP contribution in [-0.2, 0) is 0 Å². The van der Waals surface area contributed by atoms with E-state index in [2.05, 4.69) is 196 Å². The summed E-state index contributed by atoms with van der Waals surface area (Å²) in [6.07, 6.45) is 0. The van der Waals surface area contributed by atoms with E-state index in [1.807, 2.05) is 11.3 Å². The maximum Gasteiger partial charge on any atom is 0.146 e. The molecule has 0 aliphatic carbocycles. The molecule has 0 saturated heterocycles. The van der Waals surface area contributed by atoms with E-state index in [-0.39, 0.29) is 0 Å². The average molecular weight is 731 g/mol. The summed E-state index contributed by atoms with van der Waals surface area (Å²) in [5, 5.41) is 8.68. The normalized spacial score (nSPS) is 12.3. The number of fused-ring (bicyclic) bond motifs is 16. The lowest BCUT2D eigenvalue weighted by molar-refractivity contribution is 1.18. The van der Waals surface area contributed by atoms with E-state index in [1.165, 1.54) is 91.5 Å². The van der Waals surface area contributed by atoms with Crippen LogP contribution in [0.15, 0.2) is 182 Å². The third-order valence-corrected chi connectivity index (χ3v) is 13.0. The van der Waals surface area contributed by atoms with Crippen LogP contribution in [-0.4, -0.2) is 18.5 Å². The van der Waals surface area contributed by atoms with Crippen molar-refractivity contribution in [3.63, 3.8) is 0 Å². The highest BCUT2D eigenvalue weighted by molar-refractivity contribution is 7.26. The molecule has 0 atom stereocenters. The third kappa shape index (κ3) is 4.04. The predicted molar refractivity (Wildman–Crippen MR) is 237 cm³/mol. The summed E-state index contributed by atoms with van der Waals surface area (Å²) in [7, 11) is 0. The van der Waals surface area contributed by atoms with Crippen LogP contribution >= 0.6 is 11.3 Å². The Labute approximate surface area is 324 Å². The zero-order valence-electron chi connectivity index (χ0n) is 30.0. The summed E-state index contributed by atoms with van der Waals surface area (Å²) in [4.78, 5) is 5.18. The number of thiophene rings is 1. The number of rotatable bonds is 3. The standard InChI is InChI=1S/C51H30N4S/c1-2-12-33(13-3-1)53-43-19-9-6-14-35(43)39-28-31(22-25-45(39)53)32-23-26-46-40(29-32)36-15-7-10-20-44(36)54(46)34-24-27-48-41(30-34)49-50(56-48)37-16-4-5-17-38(37)51-52-42-18-8-11-21-47(42)55(49)51/h1-30H. The molecule has 260 valence electrons. The highest BCUT2D eigenvalue weighted by Crippen LogP contribution is 2.43. The number of hydrogen-bond donors (Lipinski definition) is 0. The molecule has 0 amide bonds. The molecular formula is C51H30N4S. The van der Waals surface area contributed by atoms with Gasteiger partial charge >= 0.3 is 0 Å². The van der Waals surface area contributed by atoms with Crippen LogP contribution in [0.4, 0.5) is 0 Å². The van der Waals surface area contributed by atoms with Gasteiger partial charge in [0.1, 0.15) is 5.65 Å². The van der Waals surface area contributed by atoms with Crippen molar-refractivity contribution in [2.75, 3.05) is 0 Å². The highest BCUT2D eigenvalue weighted by Gasteiger charge is 2.20. The molecule has 0 spiro atoms. The molecule has 5 heteroatoms. The lowest BCUT2D eigenvalue weighted by Gasteiger charge is -2.10. The van der Waals surface area contributed by atoms with Crippen LogP contribution in [0.1, 0.15) is 0 Å². The van der Waals surface area contributed by atoms with E-state index < -0.39 is 0 Å². The molecule has 13 rings (SSSR count). The van der Waals surface area contributed by atoms with Crippen molar-refractivity contribution >= 4 is 103 Å². The van der Waals surface area contributed by atoms with Crippen LogP contribution in [0.25, 0.3) is 114 Å². The second-order valence-corrected chi connectivity index (χ2v) is 15.8. The molecule has 0 fully saturated rings. The van der Waals surface area contributed by atoms with Gasteiger partial charge in [-0.3, -0.25) is 4.40 Å². The number of benzene rings is 8. The molecule has 56 heavy (non-hydrogen) atoms. The van der Waals surface area contributed by atoms with Crippen LogP contribution in [0.3, 0.4) is 0 Å². The number of hydrogen-bond acceptors (Lipinski definition) is 2. The fourth-order valence-corrected chi connectivity index (χ4v) is 10.6. The zero-order chi connectivity index (χ0) is 36.5. The summed E-state index contributed by atoms with van der Waals surface area (Å²) >= 11 is 1.87. The van der Waals surface area contributed by atoms with E-state index in [1.54, 1.807) is 0 Å². The fourth-order valence-electron chi connectivity index (χ4n) is 9.36. The molecule has 5 aromatic heterocycles. The van der Waals surface area contributed by atoms with E-state index in [4.69, 9.17) is 4.98 Å². The predicted octanol–water partition coefficient (Wildman–Crippen LogP) is 13.9. The van der Waals surface area contributed by atoms with Crippen molar-refractivity contribution in [3.8, 4) is 22.5 Å². The van der Waals surface area contributed by atoms with Gasteiger partial charge in [0, 0.05) is 53.8 Å². The Morgan fingerprint density at radius 3 is 1.62 bits per heavy atom. The molecule has 4 nitrogen and oxygen atoms in total. The van der Waals surface area contributed by atoms with Gasteiger partial charge in [-0.1, -0.05) is 103 Å². The molecule has 0 saturated carbocycles. The van der Waals surface area contributed by atoms with Crippen molar-refractivity contribution < 1.29 is 0 Å². The zero-order valence-corrected chi connectivity index (χ0v) is 30.8. The fraction of sp³-hybridized carbons (Fsp3) is 0. The molecule has 5 heterocycles. The van der Waals surface area contributed by atoms with Gasteiger partial charge in [0.15, 0.2) is 0 Å².